The van der Waals surface area contributed by atoms with Crippen LogP contribution in [0.3, 0.4) is 0 Å². The van der Waals surface area contributed by atoms with Crippen molar-refractivity contribution in [2.24, 2.45) is 11.8 Å². The average molecular weight is 684 g/mol. The number of benzene rings is 1. The monoisotopic (exact) mass is 683 g/mol. The van der Waals surface area contributed by atoms with Crippen molar-refractivity contribution >= 4 is 20.1 Å². The quantitative estimate of drug-likeness (QED) is 0.208. The third-order valence-corrected chi connectivity index (χ3v) is 10.9. The minimum absolute atomic E-state index is 0.113. The lowest BCUT2D eigenvalue weighted by molar-refractivity contribution is -0.153. The van der Waals surface area contributed by atoms with Crippen LogP contribution in [0.5, 0.6) is 0 Å². The molecule has 2 aliphatic carbocycles. The van der Waals surface area contributed by atoms with Gasteiger partial charge in [0.25, 0.3) is 10.1 Å². The fraction of sp³-hybridized carbons (Fsp3) is 0.560. The van der Waals surface area contributed by atoms with E-state index in [4.69, 9.17) is 4.55 Å². The lowest BCUT2D eigenvalue weighted by Gasteiger charge is -2.34. The standard InChI is InChI=1S/C25H26F9N3O5S2/c1-13-18-9-35-37(17-6-4-16(26)5-7-17)20(18)8-14-2-3-15(21(13)14)10-36(43(38,39)12-24(29,30)31)11-19(23(27)28)22(25(32,33)34)44(40,41)42/h4-7,9,13,15,19,22-23H,2-3,8,10-12H2,1H3,(H,40,41,42)/t13-,15-,19?,22?/m0/s1. The van der Waals surface area contributed by atoms with Crippen LogP contribution in [-0.4, -0.2) is 78.3 Å². The smallest absolute Gasteiger partial charge is 0.285 e. The molecular weight excluding hydrogens is 657 g/mol. The van der Waals surface area contributed by atoms with E-state index in [0.29, 0.717) is 28.9 Å². The van der Waals surface area contributed by atoms with E-state index in [-0.39, 0.29) is 17.1 Å². The van der Waals surface area contributed by atoms with E-state index in [1.54, 1.807) is 11.6 Å². The SMILES string of the molecule is C[C@@H]1C2=C(CC[C@H]2CN(CC(C(F)F)C(C(F)(F)F)S(=O)(=O)O)S(=O)(=O)CC(F)(F)F)Cc2c1cnn2-c1ccc(F)cc1. The van der Waals surface area contributed by atoms with Crippen molar-refractivity contribution in [3.63, 3.8) is 0 Å². The predicted molar refractivity (Wildman–Crippen MR) is 138 cm³/mol. The second-order valence-electron chi connectivity index (χ2n) is 10.8. The molecule has 2 unspecified atom stereocenters. The lowest BCUT2D eigenvalue weighted by atomic mass is 9.80. The van der Waals surface area contributed by atoms with Crippen LogP contribution in [0.4, 0.5) is 39.5 Å². The number of nitrogens with zero attached hydrogens (tertiary/aromatic N) is 3. The molecule has 1 aromatic heterocycles. The number of alkyl halides is 8. The van der Waals surface area contributed by atoms with Crippen LogP contribution in [0.15, 0.2) is 41.6 Å². The average Bonchev–Trinajstić information content (AvgIpc) is 3.45. The molecule has 4 atom stereocenters. The van der Waals surface area contributed by atoms with E-state index >= 15 is 0 Å². The summed E-state index contributed by atoms with van der Waals surface area (Å²) >= 11 is 0. The minimum atomic E-state index is -6.29. The highest BCUT2D eigenvalue weighted by Gasteiger charge is 2.57. The van der Waals surface area contributed by atoms with Gasteiger partial charge < -0.3 is 0 Å². The predicted octanol–water partition coefficient (Wildman–Crippen LogP) is 5.27. The Hall–Kier alpha value is -2.64. The van der Waals surface area contributed by atoms with E-state index in [9.17, 15) is 56.3 Å². The van der Waals surface area contributed by atoms with Gasteiger partial charge in [0.1, 0.15) is 5.82 Å². The van der Waals surface area contributed by atoms with E-state index in [0.717, 1.165) is 5.57 Å². The summed E-state index contributed by atoms with van der Waals surface area (Å²) < 4.78 is 181. The van der Waals surface area contributed by atoms with Gasteiger partial charge in [-0.15, -0.1) is 0 Å². The van der Waals surface area contributed by atoms with Crippen molar-refractivity contribution in [1.82, 2.24) is 14.1 Å². The molecule has 1 aromatic carbocycles. The van der Waals surface area contributed by atoms with Crippen LogP contribution in [0.25, 0.3) is 5.69 Å². The Morgan fingerprint density at radius 3 is 2.20 bits per heavy atom. The van der Waals surface area contributed by atoms with E-state index in [1.807, 2.05) is 0 Å². The number of rotatable bonds is 10. The van der Waals surface area contributed by atoms with Gasteiger partial charge in [0.15, 0.2) is 11.0 Å². The number of fused-ring (bicyclic) bond motifs is 1. The molecule has 0 spiro atoms. The van der Waals surface area contributed by atoms with Gasteiger partial charge in [0.2, 0.25) is 16.4 Å². The van der Waals surface area contributed by atoms with Crippen LogP contribution in [0.2, 0.25) is 0 Å². The van der Waals surface area contributed by atoms with Crippen LogP contribution in [0.1, 0.15) is 36.9 Å². The molecule has 0 radical (unpaired) electrons. The van der Waals surface area contributed by atoms with Crippen LogP contribution < -0.4 is 0 Å². The lowest BCUT2D eigenvalue weighted by Crippen LogP contribution is -2.52. The van der Waals surface area contributed by atoms with Gasteiger partial charge >= 0.3 is 12.4 Å². The molecule has 0 aliphatic heterocycles. The van der Waals surface area contributed by atoms with Gasteiger partial charge in [-0.1, -0.05) is 18.1 Å². The number of hydrogen-bond acceptors (Lipinski definition) is 5. The first-order valence-electron chi connectivity index (χ1n) is 13.0. The maximum absolute atomic E-state index is 13.9. The number of allylic oxidation sites excluding steroid dienone is 1. The highest BCUT2D eigenvalue weighted by molar-refractivity contribution is 7.89. The molecule has 4 rings (SSSR count). The molecule has 8 nitrogen and oxygen atoms in total. The minimum Gasteiger partial charge on any atom is -0.285 e. The summed E-state index contributed by atoms with van der Waals surface area (Å²) in [6, 6.07) is 5.41. The molecule has 0 fully saturated rings. The summed E-state index contributed by atoms with van der Waals surface area (Å²) in [6.07, 6.45) is -13.5. The third-order valence-electron chi connectivity index (χ3n) is 7.86. The van der Waals surface area contributed by atoms with E-state index in [1.165, 1.54) is 30.5 Å². The zero-order valence-electron chi connectivity index (χ0n) is 22.7. The van der Waals surface area contributed by atoms with Gasteiger partial charge in [0.05, 0.1) is 23.5 Å². The third kappa shape index (κ3) is 7.25. The second-order valence-corrected chi connectivity index (χ2v) is 14.3. The fourth-order valence-electron chi connectivity index (χ4n) is 6.10. The summed E-state index contributed by atoms with van der Waals surface area (Å²) in [5, 5.41) is 0.169. The van der Waals surface area contributed by atoms with Gasteiger partial charge in [0, 0.05) is 31.0 Å². The fourth-order valence-corrected chi connectivity index (χ4v) is 8.48. The molecule has 2 aromatic rings. The summed E-state index contributed by atoms with van der Waals surface area (Å²) in [4.78, 5) is 0. The Morgan fingerprint density at radius 2 is 1.68 bits per heavy atom. The van der Waals surface area contributed by atoms with Crippen LogP contribution >= 0.6 is 0 Å². The Balaban J connectivity index is 1.70. The van der Waals surface area contributed by atoms with Crippen molar-refractivity contribution in [1.29, 1.82) is 0 Å². The molecule has 1 heterocycles. The van der Waals surface area contributed by atoms with E-state index in [2.05, 4.69) is 5.10 Å². The summed E-state index contributed by atoms with van der Waals surface area (Å²) in [5.74, 6) is -7.95. The van der Waals surface area contributed by atoms with Crippen molar-refractivity contribution < 1.29 is 60.9 Å². The van der Waals surface area contributed by atoms with E-state index < -0.39 is 86.6 Å². The molecule has 0 saturated heterocycles. The molecule has 44 heavy (non-hydrogen) atoms. The first-order valence-corrected chi connectivity index (χ1v) is 16.1. The molecule has 19 heteroatoms. The van der Waals surface area contributed by atoms with Crippen molar-refractivity contribution in [3.8, 4) is 5.69 Å². The van der Waals surface area contributed by atoms with Crippen molar-refractivity contribution in [3.05, 3.63) is 58.7 Å². The second kappa shape index (κ2) is 11.9. The molecular formula is C25H26F9N3O5S2. The van der Waals surface area contributed by atoms with Gasteiger partial charge in [-0.05, 0) is 43.0 Å². The molecule has 0 bridgehead atoms. The highest BCUT2D eigenvalue weighted by atomic mass is 32.2. The Kier molecular flexibility index (Phi) is 9.29. The number of aromatic nitrogens is 2. The summed E-state index contributed by atoms with van der Waals surface area (Å²) in [7, 11) is -11.9. The van der Waals surface area contributed by atoms with Gasteiger partial charge in [-0.2, -0.15) is 39.9 Å². The highest BCUT2D eigenvalue weighted by Crippen LogP contribution is 2.48. The zero-order chi connectivity index (χ0) is 33.0. The first kappa shape index (κ1) is 34.2. The van der Waals surface area contributed by atoms with Crippen molar-refractivity contribution in [2.45, 2.75) is 56.1 Å². The maximum atomic E-state index is 13.9. The number of sulfonamides is 1. The number of halogens is 9. The summed E-state index contributed by atoms with van der Waals surface area (Å²) in [5.41, 5.74) is 3.16. The zero-order valence-corrected chi connectivity index (χ0v) is 24.3. The molecule has 2 aliphatic rings. The Bertz CT molecular complexity index is 1620. The largest absolute Gasteiger partial charge is 0.408 e. The first-order chi connectivity index (χ1) is 20.1. The van der Waals surface area contributed by atoms with Crippen molar-refractivity contribution in [2.75, 3.05) is 18.8 Å². The molecule has 246 valence electrons. The molecule has 0 saturated carbocycles. The molecule has 0 amide bonds. The van der Waals surface area contributed by atoms with Gasteiger partial charge in [-0.3, -0.25) is 4.55 Å². The normalized spacial score (nSPS) is 21.1. The van der Waals surface area contributed by atoms with Crippen LogP contribution in [0, 0.1) is 17.7 Å². The Labute approximate surface area is 246 Å². The maximum Gasteiger partial charge on any atom is 0.408 e. The number of hydrogen-bond donors (Lipinski definition) is 1. The summed E-state index contributed by atoms with van der Waals surface area (Å²) in [6.45, 7) is -1.21. The van der Waals surface area contributed by atoms with Gasteiger partial charge in [-0.25, -0.2) is 30.6 Å². The topological polar surface area (TPSA) is 110 Å². The molecule has 1 N–H and O–H groups in total. The Morgan fingerprint density at radius 1 is 1.07 bits per heavy atom. The van der Waals surface area contributed by atoms with Crippen LogP contribution in [-0.2, 0) is 26.6 Å².